The molecular weight excluding hydrogens is 362 g/mol. The van der Waals surface area contributed by atoms with Crippen LogP contribution in [0.1, 0.15) is 41.1 Å². The van der Waals surface area contributed by atoms with Gasteiger partial charge in [-0.1, -0.05) is 11.6 Å². The molecule has 0 radical (unpaired) electrons. The predicted octanol–water partition coefficient (Wildman–Crippen LogP) is 3.70. The summed E-state index contributed by atoms with van der Waals surface area (Å²) in [5.74, 6) is 0.905. The van der Waals surface area contributed by atoms with E-state index in [2.05, 4.69) is 11.2 Å². The van der Waals surface area contributed by atoms with Gasteiger partial charge in [0.15, 0.2) is 20.7 Å². The molecule has 0 N–H and O–H groups in total. The summed E-state index contributed by atoms with van der Waals surface area (Å²) in [5.41, 5.74) is 2.93. The Morgan fingerprint density at radius 2 is 1.96 bits per heavy atom. The molecule has 2 aromatic rings. The maximum atomic E-state index is 11.6. The van der Waals surface area contributed by atoms with Crippen LogP contribution in [0.2, 0.25) is 5.15 Å². The van der Waals surface area contributed by atoms with Crippen LogP contribution in [-0.4, -0.2) is 24.5 Å². The molecule has 1 heterocycles. The molecule has 25 heavy (non-hydrogen) atoms. The highest BCUT2D eigenvalue weighted by Gasteiger charge is 2.33. The van der Waals surface area contributed by atoms with E-state index in [0.717, 1.165) is 30.2 Å². The van der Waals surface area contributed by atoms with Crippen LogP contribution in [0.5, 0.6) is 11.5 Å². The van der Waals surface area contributed by atoms with Gasteiger partial charge in [0, 0.05) is 12.2 Å². The van der Waals surface area contributed by atoms with Crippen molar-refractivity contribution in [1.29, 1.82) is 5.26 Å². The molecule has 8 heteroatoms. The second kappa shape index (κ2) is 6.36. The number of ether oxygens (including phenoxy) is 1. The Hall–Kier alpha value is -2.04. The molecule has 1 aromatic heterocycles. The molecule has 1 aromatic carbocycles. The zero-order chi connectivity index (χ0) is 18.4. The van der Waals surface area contributed by atoms with Crippen molar-refractivity contribution in [2.45, 2.75) is 38.5 Å². The number of nitrogens with zero attached hydrogens (tertiary/aromatic N) is 3. The molecule has 1 saturated carbocycles. The van der Waals surface area contributed by atoms with Crippen LogP contribution in [0.3, 0.4) is 0 Å². The van der Waals surface area contributed by atoms with Crippen molar-refractivity contribution >= 4 is 21.4 Å². The van der Waals surface area contributed by atoms with E-state index in [4.69, 9.17) is 16.3 Å². The van der Waals surface area contributed by atoms with Crippen LogP contribution in [0.4, 0.5) is 0 Å². The molecule has 3 rings (SSSR count). The van der Waals surface area contributed by atoms with Gasteiger partial charge >= 0.3 is 0 Å². The molecule has 0 spiro atoms. The van der Waals surface area contributed by atoms with E-state index in [1.807, 2.05) is 13.8 Å². The monoisotopic (exact) mass is 379 g/mol. The Kier molecular flexibility index (Phi) is 4.52. The summed E-state index contributed by atoms with van der Waals surface area (Å²) in [4.78, 5) is 0. The number of rotatable bonds is 5. The average molecular weight is 380 g/mol. The summed E-state index contributed by atoms with van der Waals surface area (Å²) in [6, 6.07) is 5.71. The fourth-order valence-corrected chi connectivity index (χ4v) is 3.68. The van der Waals surface area contributed by atoms with Gasteiger partial charge in [-0.3, -0.25) is 0 Å². The first-order valence-corrected chi connectivity index (χ1v) is 10.3. The molecule has 0 bridgehead atoms. The maximum absolute atomic E-state index is 11.6. The van der Waals surface area contributed by atoms with E-state index in [1.54, 1.807) is 12.1 Å². The van der Waals surface area contributed by atoms with Crippen LogP contribution in [0.25, 0.3) is 0 Å². The fraction of sp³-hybridized carbons (Fsp3) is 0.412. The Bertz CT molecular complexity index is 962. The number of hydrogen-bond acceptors (Lipinski definition) is 5. The smallest absolute Gasteiger partial charge is 0.187 e. The minimum absolute atomic E-state index is 0.173. The third-order valence-corrected chi connectivity index (χ3v) is 5.11. The zero-order valence-corrected chi connectivity index (χ0v) is 15.8. The van der Waals surface area contributed by atoms with Gasteiger partial charge in [0.2, 0.25) is 0 Å². The van der Waals surface area contributed by atoms with Gasteiger partial charge in [0.1, 0.15) is 17.3 Å². The minimum atomic E-state index is -3.28. The van der Waals surface area contributed by atoms with Crippen molar-refractivity contribution in [3.05, 3.63) is 39.7 Å². The molecule has 0 aliphatic heterocycles. The number of aryl methyl sites for hydroxylation is 2. The van der Waals surface area contributed by atoms with Crippen molar-refractivity contribution in [2.75, 3.05) is 6.26 Å². The predicted molar refractivity (Wildman–Crippen MR) is 94.8 cm³/mol. The van der Waals surface area contributed by atoms with Gasteiger partial charge in [0.25, 0.3) is 0 Å². The van der Waals surface area contributed by atoms with Crippen molar-refractivity contribution in [3.63, 3.8) is 0 Å². The Morgan fingerprint density at radius 1 is 1.36 bits per heavy atom. The lowest BCUT2D eigenvalue weighted by Gasteiger charge is -2.10. The van der Waals surface area contributed by atoms with Gasteiger partial charge in [-0.25, -0.2) is 13.1 Å². The molecule has 1 aliphatic rings. The quantitative estimate of drug-likeness (QED) is 0.790. The number of benzene rings is 1. The largest absolute Gasteiger partial charge is 0.452 e. The van der Waals surface area contributed by atoms with Crippen molar-refractivity contribution in [1.82, 2.24) is 9.78 Å². The lowest BCUT2D eigenvalue weighted by Crippen LogP contribution is -2.10. The van der Waals surface area contributed by atoms with Crippen LogP contribution < -0.4 is 4.74 Å². The van der Waals surface area contributed by atoms with Crippen molar-refractivity contribution in [3.8, 4) is 17.6 Å². The maximum Gasteiger partial charge on any atom is 0.187 e. The van der Waals surface area contributed by atoms with E-state index < -0.39 is 9.84 Å². The number of aromatic nitrogens is 2. The molecule has 132 valence electrons. The van der Waals surface area contributed by atoms with Crippen LogP contribution >= 0.6 is 11.6 Å². The van der Waals surface area contributed by atoms with Gasteiger partial charge in [-0.05, 0) is 49.9 Å². The molecule has 1 fully saturated rings. The number of sulfone groups is 1. The molecule has 0 atom stereocenters. The van der Waals surface area contributed by atoms with E-state index in [-0.39, 0.29) is 16.9 Å². The van der Waals surface area contributed by atoms with Crippen LogP contribution in [-0.2, 0) is 15.7 Å². The number of nitriles is 1. The first-order valence-electron chi connectivity index (χ1n) is 7.82. The Balaban J connectivity index is 2.01. The Labute approximate surface area is 151 Å². The highest BCUT2D eigenvalue weighted by molar-refractivity contribution is 7.89. The van der Waals surface area contributed by atoms with E-state index in [9.17, 15) is 13.7 Å². The van der Waals surface area contributed by atoms with Crippen molar-refractivity contribution in [2.24, 2.45) is 0 Å². The highest BCUT2D eigenvalue weighted by Crippen LogP contribution is 2.47. The third-order valence-electron chi connectivity index (χ3n) is 4.03. The summed E-state index contributed by atoms with van der Waals surface area (Å²) < 4.78 is 30.4. The first kappa shape index (κ1) is 17.8. The van der Waals surface area contributed by atoms with E-state index >= 15 is 0 Å². The van der Waals surface area contributed by atoms with Gasteiger partial charge in [-0.15, -0.1) is 0 Å². The lowest BCUT2D eigenvalue weighted by molar-refractivity contribution is 0.475. The molecule has 0 saturated heterocycles. The molecular formula is C17H18ClN3O3S. The molecule has 1 aliphatic carbocycles. The summed E-state index contributed by atoms with van der Waals surface area (Å²) in [6.45, 7) is 3.68. The molecule has 0 amide bonds. The lowest BCUT2D eigenvalue weighted by atomic mass is 10.0. The Morgan fingerprint density at radius 3 is 2.44 bits per heavy atom. The molecule has 6 nitrogen and oxygen atoms in total. The van der Waals surface area contributed by atoms with Crippen LogP contribution in [0, 0.1) is 25.2 Å². The highest BCUT2D eigenvalue weighted by atomic mass is 35.5. The van der Waals surface area contributed by atoms with E-state index in [0.29, 0.717) is 22.8 Å². The summed E-state index contributed by atoms with van der Waals surface area (Å²) in [6.07, 6.45) is 3.09. The SMILES string of the molecule is Cc1cc(Oc2c(C3CC3)nn(CS(C)(=O)=O)c2Cl)cc(C)c1C#N. The third kappa shape index (κ3) is 3.80. The normalized spacial score (nSPS) is 14.4. The van der Waals surface area contributed by atoms with Gasteiger partial charge in [0.05, 0.1) is 11.6 Å². The summed E-state index contributed by atoms with van der Waals surface area (Å²) >= 11 is 6.35. The second-order valence-corrected chi connectivity index (χ2v) is 8.95. The minimum Gasteiger partial charge on any atom is -0.452 e. The fourth-order valence-electron chi connectivity index (χ4n) is 2.75. The summed E-state index contributed by atoms with van der Waals surface area (Å²) in [7, 11) is -3.28. The second-order valence-electron chi connectivity index (χ2n) is 6.48. The molecule has 0 unspecified atom stereocenters. The van der Waals surface area contributed by atoms with Crippen LogP contribution in [0.15, 0.2) is 12.1 Å². The number of hydrogen-bond donors (Lipinski definition) is 0. The van der Waals surface area contributed by atoms with Crippen molar-refractivity contribution < 1.29 is 13.2 Å². The average Bonchev–Trinajstić information content (AvgIpc) is 3.28. The van der Waals surface area contributed by atoms with Gasteiger partial charge in [-0.2, -0.15) is 10.4 Å². The van der Waals surface area contributed by atoms with Gasteiger partial charge < -0.3 is 4.74 Å². The number of halogens is 1. The summed E-state index contributed by atoms with van der Waals surface area (Å²) in [5, 5.41) is 13.7. The van der Waals surface area contributed by atoms with E-state index in [1.165, 1.54) is 4.68 Å². The topological polar surface area (TPSA) is 85.0 Å². The first-order chi connectivity index (χ1) is 11.7. The standard InChI is InChI=1S/C17H18ClN3O3S/c1-10-6-13(7-11(2)14(10)8-19)24-16-15(12-4-5-12)20-21(17(16)18)9-25(3,22)23/h6-7,12H,4-5,9H2,1-3H3. The zero-order valence-electron chi connectivity index (χ0n) is 14.2.